The van der Waals surface area contributed by atoms with Gasteiger partial charge >= 0.3 is 6.18 Å². The summed E-state index contributed by atoms with van der Waals surface area (Å²) in [7, 11) is 0. The number of halogens is 4. The number of aromatic nitrogens is 1. The lowest BCUT2D eigenvalue weighted by molar-refractivity contribution is -0.138. The number of alkyl halides is 3. The van der Waals surface area contributed by atoms with E-state index in [2.05, 4.69) is 5.32 Å². The molecule has 29 heavy (non-hydrogen) atoms. The molecule has 0 aliphatic rings. The van der Waals surface area contributed by atoms with Crippen molar-refractivity contribution in [2.24, 2.45) is 0 Å². The number of rotatable bonds is 4. The SMILES string of the molecule is C[C@](O)(Cn1ccc2c(F)cccc21)C(=O)Nc1ccc(C#N)c(C(F)(F)F)c1. The summed E-state index contributed by atoms with van der Waals surface area (Å²) in [5.41, 5.74) is -3.54. The number of nitrogens with one attached hydrogen (secondary N) is 1. The van der Waals surface area contributed by atoms with E-state index in [-0.39, 0.29) is 12.2 Å². The van der Waals surface area contributed by atoms with Crippen LogP contribution in [0.15, 0.2) is 48.7 Å². The summed E-state index contributed by atoms with van der Waals surface area (Å²) in [6.45, 7) is 0.940. The van der Waals surface area contributed by atoms with Gasteiger partial charge in [0.15, 0.2) is 5.60 Å². The van der Waals surface area contributed by atoms with Crippen LogP contribution in [0.25, 0.3) is 10.9 Å². The van der Waals surface area contributed by atoms with Gasteiger partial charge in [0, 0.05) is 17.3 Å². The highest BCUT2D eigenvalue weighted by Crippen LogP contribution is 2.33. The first-order valence-corrected chi connectivity index (χ1v) is 8.41. The minimum absolute atomic E-state index is 0.218. The molecule has 2 aromatic carbocycles. The van der Waals surface area contributed by atoms with Crippen LogP contribution in [-0.4, -0.2) is 21.2 Å². The molecule has 1 heterocycles. The zero-order valence-electron chi connectivity index (χ0n) is 15.1. The third-order valence-corrected chi connectivity index (χ3v) is 4.43. The topological polar surface area (TPSA) is 78.1 Å². The molecule has 5 nitrogen and oxygen atoms in total. The number of nitrogens with zero attached hydrogens (tertiary/aromatic N) is 2. The third-order valence-electron chi connectivity index (χ3n) is 4.43. The lowest BCUT2D eigenvalue weighted by atomic mass is 10.0. The molecular formula is C20H15F4N3O2. The highest BCUT2D eigenvalue weighted by atomic mass is 19.4. The maximum atomic E-state index is 13.8. The Hall–Kier alpha value is -3.38. The molecule has 150 valence electrons. The van der Waals surface area contributed by atoms with Gasteiger partial charge in [-0.2, -0.15) is 18.4 Å². The van der Waals surface area contributed by atoms with Crippen molar-refractivity contribution in [2.75, 3.05) is 5.32 Å². The van der Waals surface area contributed by atoms with Crippen molar-refractivity contribution in [3.05, 3.63) is 65.6 Å². The lowest BCUT2D eigenvalue weighted by Gasteiger charge is -2.24. The Morgan fingerprint density at radius 3 is 2.62 bits per heavy atom. The standard InChI is InChI=1S/C20H15F4N3O2/c1-19(29,11-27-8-7-14-16(21)3-2-4-17(14)27)18(28)26-13-6-5-12(10-25)15(9-13)20(22,23)24/h2-9,29H,11H2,1H3,(H,26,28)/t19-/m0/s1. The number of hydrogen-bond acceptors (Lipinski definition) is 3. The van der Waals surface area contributed by atoms with E-state index < -0.39 is 34.6 Å². The molecule has 1 aromatic heterocycles. The molecule has 3 rings (SSSR count). The summed E-state index contributed by atoms with van der Waals surface area (Å²) in [5, 5.41) is 21.9. The molecule has 9 heteroatoms. The zero-order chi connectivity index (χ0) is 21.4. The van der Waals surface area contributed by atoms with Crippen molar-refractivity contribution in [3.8, 4) is 6.07 Å². The van der Waals surface area contributed by atoms with Gasteiger partial charge in [-0.1, -0.05) is 6.07 Å². The first-order valence-electron chi connectivity index (χ1n) is 8.41. The number of benzene rings is 2. The average molecular weight is 405 g/mol. The fourth-order valence-electron chi connectivity index (χ4n) is 2.95. The maximum Gasteiger partial charge on any atom is 0.417 e. The molecule has 0 saturated carbocycles. The number of amides is 1. The molecule has 0 spiro atoms. The molecule has 1 atom stereocenters. The molecule has 3 aromatic rings. The second-order valence-corrected chi connectivity index (χ2v) is 6.71. The van der Waals surface area contributed by atoms with Crippen LogP contribution in [0.5, 0.6) is 0 Å². The number of aliphatic hydroxyl groups is 1. The monoisotopic (exact) mass is 405 g/mol. The van der Waals surface area contributed by atoms with E-state index >= 15 is 0 Å². The first kappa shape index (κ1) is 20.4. The third kappa shape index (κ3) is 4.07. The lowest BCUT2D eigenvalue weighted by Crippen LogP contribution is -2.43. The van der Waals surface area contributed by atoms with Crippen LogP contribution in [0.2, 0.25) is 0 Å². The Kier molecular flexibility index (Phi) is 5.07. The van der Waals surface area contributed by atoms with E-state index in [0.29, 0.717) is 17.0 Å². The fourth-order valence-corrected chi connectivity index (χ4v) is 2.95. The second-order valence-electron chi connectivity index (χ2n) is 6.71. The fraction of sp³-hybridized carbons (Fsp3) is 0.200. The van der Waals surface area contributed by atoms with Gasteiger partial charge in [-0.05, 0) is 43.3 Å². The Morgan fingerprint density at radius 1 is 1.24 bits per heavy atom. The minimum atomic E-state index is -4.78. The van der Waals surface area contributed by atoms with Crippen molar-refractivity contribution in [1.29, 1.82) is 5.26 Å². The van der Waals surface area contributed by atoms with Crippen molar-refractivity contribution < 1.29 is 27.5 Å². The molecule has 0 saturated heterocycles. The van der Waals surface area contributed by atoms with Crippen molar-refractivity contribution >= 4 is 22.5 Å². The second kappa shape index (κ2) is 7.22. The van der Waals surface area contributed by atoms with Crippen molar-refractivity contribution in [1.82, 2.24) is 4.57 Å². The Labute approximate surface area is 162 Å². The first-order chi connectivity index (χ1) is 13.5. The highest BCUT2D eigenvalue weighted by molar-refractivity contribution is 5.97. The van der Waals surface area contributed by atoms with Crippen LogP contribution in [0, 0.1) is 17.1 Å². The van der Waals surface area contributed by atoms with Gasteiger partial charge in [-0.3, -0.25) is 4.79 Å². The van der Waals surface area contributed by atoms with Gasteiger partial charge in [0.05, 0.1) is 29.3 Å². The normalized spacial score (nSPS) is 13.7. The van der Waals surface area contributed by atoms with Crippen molar-refractivity contribution in [3.63, 3.8) is 0 Å². The van der Waals surface area contributed by atoms with Gasteiger partial charge in [0.25, 0.3) is 5.91 Å². The Morgan fingerprint density at radius 2 is 1.97 bits per heavy atom. The van der Waals surface area contributed by atoms with Crippen LogP contribution >= 0.6 is 0 Å². The van der Waals surface area contributed by atoms with E-state index in [9.17, 15) is 27.5 Å². The van der Waals surface area contributed by atoms with E-state index in [1.54, 1.807) is 6.07 Å². The summed E-state index contributed by atoms with van der Waals surface area (Å²) in [6, 6.07) is 10.0. The summed E-state index contributed by atoms with van der Waals surface area (Å²) in [6.07, 6.45) is -3.28. The molecule has 0 radical (unpaired) electrons. The molecule has 2 N–H and O–H groups in total. The van der Waals surface area contributed by atoms with Crippen LogP contribution in [-0.2, 0) is 17.5 Å². The van der Waals surface area contributed by atoms with Crippen LogP contribution in [0.1, 0.15) is 18.1 Å². The molecule has 0 fully saturated rings. The summed E-state index contributed by atoms with van der Waals surface area (Å²) >= 11 is 0. The van der Waals surface area contributed by atoms with E-state index in [0.717, 1.165) is 12.1 Å². The van der Waals surface area contributed by atoms with Crippen LogP contribution < -0.4 is 5.32 Å². The summed E-state index contributed by atoms with van der Waals surface area (Å²) in [4.78, 5) is 12.5. The van der Waals surface area contributed by atoms with Gasteiger partial charge in [0.1, 0.15) is 5.82 Å². The molecular weight excluding hydrogens is 390 g/mol. The van der Waals surface area contributed by atoms with Crippen molar-refractivity contribution in [2.45, 2.75) is 25.2 Å². The Balaban J connectivity index is 1.84. The molecule has 0 bridgehead atoms. The number of carbonyl (C=O) groups excluding carboxylic acids is 1. The molecule has 0 unspecified atom stereocenters. The number of anilines is 1. The smallest absolute Gasteiger partial charge is 0.378 e. The summed E-state index contributed by atoms with van der Waals surface area (Å²) < 4.78 is 54.5. The molecule has 0 aliphatic carbocycles. The van der Waals surface area contributed by atoms with Gasteiger partial charge in [0.2, 0.25) is 0 Å². The van der Waals surface area contributed by atoms with Gasteiger partial charge in [-0.25, -0.2) is 4.39 Å². The quantitative estimate of drug-likeness (QED) is 0.643. The number of nitriles is 1. The van der Waals surface area contributed by atoms with Gasteiger partial charge in [-0.15, -0.1) is 0 Å². The van der Waals surface area contributed by atoms with E-state index in [4.69, 9.17) is 5.26 Å². The predicted molar refractivity (Wildman–Crippen MR) is 97.3 cm³/mol. The number of carbonyl (C=O) groups is 1. The molecule has 0 aliphatic heterocycles. The largest absolute Gasteiger partial charge is 0.417 e. The Bertz CT molecular complexity index is 1130. The van der Waals surface area contributed by atoms with E-state index in [1.165, 1.54) is 42.0 Å². The summed E-state index contributed by atoms with van der Waals surface area (Å²) in [5.74, 6) is -1.41. The van der Waals surface area contributed by atoms with Gasteiger partial charge < -0.3 is 15.0 Å². The zero-order valence-corrected chi connectivity index (χ0v) is 15.1. The van der Waals surface area contributed by atoms with E-state index in [1.807, 2.05) is 0 Å². The number of hydrogen-bond donors (Lipinski definition) is 2. The highest BCUT2D eigenvalue weighted by Gasteiger charge is 2.35. The predicted octanol–water partition coefficient (Wildman–Crippen LogP) is 4.06. The van der Waals surface area contributed by atoms with Crippen LogP contribution in [0.3, 0.4) is 0 Å². The maximum absolute atomic E-state index is 13.8. The number of fused-ring (bicyclic) bond motifs is 1. The minimum Gasteiger partial charge on any atom is -0.378 e. The average Bonchev–Trinajstić information content (AvgIpc) is 3.04. The van der Waals surface area contributed by atoms with Crippen LogP contribution in [0.4, 0.5) is 23.2 Å². The molecule has 1 amide bonds.